The molecule has 5 aliphatic rings. The number of rotatable bonds is 3. The van der Waals surface area contributed by atoms with Crippen LogP contribution >= 0.6 is 0 Å². The lowest BCUT2D eigenvalue weighted by Gasteiger charge is -2.52. The fourth-order valence-electron chi connectivity index (χ4n) is 7.36. The second-order valence-electron chi connectivity index (χ2n) is 11.4. The van der Waals surface area contributed by atoms with Crippen molar-refractivity contribution in [3.8, 4) is 0 Å². The molecule has 4 nitrogen and oxygen atoms in total. The number of Topliss-reactive ketones (excluding diaryl/α,β-unsaturated/α-hetero) is 1. The summed E-state index contributed by atoms with van der Waals surface area (Å²) in [6.07, 6.45) is 10.2. The van der Waals surface area contributed by atoms with Crippen LogP contribution in [0.3, 0.4) is 0 Å². The van der Waals surface area contributed by atoms with Crippen LogP contribution in [0.1, 0.15) is 79.1 Å². The summed E-state index contributed by atoms with van der Waals surface area (Å²) in [7, 11) is 0. The first-order valence-electron chi connectivity index (χ1n) is 12.0. The number of hydrogen-bond donors (Lipinski definition) is 0. The molecule has 0 aromatic heterocycles. The number of carbonyl (C=O) groups is 3. The fraction of sp³-hybridized carbons (Fsp3) is 0.667. The molecule has 0 radical (unpaired) electrons. The van der Waals surface area contributed by atoms with E-state index in [0.717, 1.165) is 48.8 Å². The molecule has 4 atom stereocenters. The van der Waals surface area contributed by atoms with E-state index in [-0.39, 0.29) is 28.5 Å². The van der Waals surface area contributed by atoms with E-state index in [4.69, 9.17) is 4.74 Å². The van der Waals surface area contributed by atoms with Gasteiger partial charge in [-0.1, -0.05) is 44.9 Å². The molecular weight excluding hydrogens is 388 g/mol. The van der Waals surface area contributed by atoms with Crippen LogP contribution in [0.5, 0.6) is 0 Å². The van der Waals surface area contributed by atoms with E-state index in [1.165, 1.54) is 5.57 Å². The number of allylic oxidation sites excluding steroid dienone is 5. The molecule has 0 bridgehead atoms. The summed E-state index contributed by atoms with van der Waals surface area (Å²) in [5.41, 5.74) is 4.00. The van der Waals surface area contributed by atoms with Gasteiger partial charge < -0.3 is 4.74 Å². The van der Waals surface area contributed by atoms with Gasteiger partial charge in [-0.05, 0) is 67.1 Å². The monoisotopic (exact) mass is 422 g/mol. The maximum Gasteiger partial charge on any atom is 0.313 e. The van der Waals surface area contributed by atoms with E-state index in [2.05, 4.69) is 19.9 Å². The highest BCUT2D eigenvalue weighted by molar-refractivity contribution is 5.96. The molecule has 0 saturated heterocycles. The van der Waals surface area contributed by atoms with Gasteiger partial charge in [-0.25, -0.2) is 0 Å². The molecule has 0 heterocycles. The van der Waals surface area contributed by atoms with Gasteiger partial charge in [-0.15, -0.1) is 0 Å². The molecule has 1 unspecified atom stereocenters. The summed E-state index contributed by atoms with van der Waals surface area (Å²) in [6.45, 7) is 8.99. The molecule has 31 heavy (non-hydrogen) atoms. The van der Waals surface area contributed by atoms with Crippen LogP contribution in [-0.4, -0.2) is 24.1 Å². The summed E-state index contributed by atoms with van der Waals surface area (Å²) < 4.78 is 5.74. The summed E-state index contributed by atoms with van der Waals surface area (Å²) in [4.78, 5) is 39.0. The first kappa shape index (κ1) is 20.9. The van der Waals surface area contributed by atoms with Crippen LogP contribution in [0, 0.1) is 28.1 Å². The summed E-state index contributed by atoms with van der Waals surface area (Å²) in [6, 6.07) is 0. The van der Waals surface area contributed by atoms with Gasteiger partial charge in [-0.3, -0.25) is 14.4 Å². The van der Waals surface area contributed by atoms with Crippen LogP contribution < -0.4 is 0 Å². The van der Waals surface area contributed by atoms with Crippen molar-refractivity contribution in [2.24, 2.45) is 28.1 Å². The number of ketones is 2. The first-order chi connectivity index (χ1) is 14.6. The van der Waals surface area contributed by atoms with Crippen LogP contribution in [0.15, 0.2) is 34.4 Å². The SMILES string of the molecule is CC(C)COC(=O)[C@@H]1CC2=CC(=O)CCC2(C)C2=C1C1=CC[C@@]3(C)CCC(=O)[C@@]13CC2. The lowest BCUT2D eigenvalue weighted by Crippen LogP contribution is -2.46. The van der Waals surface area contributed by atoms with Crippen molar-refractivity contribution in [2.75, 3.05) is 6.61 Å². The van der Waals surface area contributed by atoms with Gasteiger partial charge in [0.15, 0.2) is 5.78 Å². The highest BCUT2D eigenvalue weighted by Gasteiger charge is 2.65. The van der Waals surface area contributed by atoms with Crippen molar-refractivity contribution < 1.29 is 19.1 Å². The minimum absolute atomic E-state index is 0.0239. The highest BCUT2D eigenvalue weighted by atomic mass is 16.5. The molecule has 0 aromatic carbocycles. The zero-order chi connectivity index (χ0) is 22.2. The number of carbonyl (C=O) groups excluding carboxylic acids is 3. The third kappa shape index (κ3) is 2.69. The maximum absolute atomic E-state index is 13.4. The molecule has 1 fully saturated rings. The minimum atomic E-state index is -0.426. The number of hydrogen-bond acceptors (Lipinski definition) is 4. The zero-order valence-corrected chi connectivity index (χ0v) is 19.3. The van der Waals surface area contributed by atoms with Crippen molar-refractivity contribution in [1.29, 1.82) is 0 Å². The Labute approximate surface area is 185 Å². The second kappa shape index (κ2) is 6.76. The number of esters is 1. The Hall–Kier alpha value is -1.97. The molecule has 0 aliphatic heterocycles. The molecule has 1 spiro atoms. The summed E-state index contributed by atoms with van der Waals surface area (Å²) in [5.74, 6) is 0.198. The van der Waals surface area contributed by atoms with Crippen molar-refractivity contribution in [3.63, 3.8) is 0 Å². The first-order valence-corrected chi connectivity index (χ1v) is 12.0. The lowest BCUT2D eigenvalue weighted by atomic mass is 9.50. The van der Waals surface area contributed by atoms with Crippen LogP contribution in [-0.2, 0) is 19.1 Å². The maximum atomic E-state index is 13.4. The van der Waals surface area contributed by atoms with Gasteiger partial charge in [0, 0.05) is 18.3 Å². The van der Waals surface area contributed by atoms with Crippen molar-refractivity contribution in [1.82, 2.24) is 0 Å². The molecule has 5 aliphatic carbocycles. The van der Waals surface area contributed by atoms with E-state index in [1.54, 1.807) is 6.08 Å². The van der Waals surface area contributed by atoms with Gasteiger partial charge in [0.05, 0.1) is 17.9 Å². The largest absolute Gasteiger partial charge is 0.465 e. The van der Waals surface area contributed by atoms with Gasteiger partial charge >= 0.3 is 5.97 Å². The van der Waals surface area contributed by atoms with E-state index in [9.17, 15) is 14.4 Å². The molecule has 0 amide bonds. The predicted molar refractivity (Wildman–Crippen MR) is 118 cm³/mol. The summed E-state index contributed by atoms with van der Waals surface area (Å²) in [5, 5.41) is 0. The quantitative estimate of drug-likeness (QED) is 0.581. The second-order valence-corrected chi connectivity index (χ2v) is 11.4. The Bertz CT molecular complexity index is 979. The molecular formula is C27H34O4. The van der Waals surface area contributed by atoms with Crippen molar-refractivity contribution in [2.45, 2.75) is 79.1 Å². The van der Waals surface area contributed by atoms with Gasteiger partial charge in [-0.2, -0.15) is 0 Å². The van der Waals surface area contributed by atoms with E-state index in [1.807, 2.05) is 13.8 Å². The topological polar surface area (TPSA) is 60.4 Å². The number of ether oxygens (including phenoxy) is 1. The average Bonchev–Trinajstić information content (AvgIpc) is 3.16. The third-order valence-corrected chi connectivity index (χ3v) is 9.19. The predicted octanol–water partition coefficient (Wildman–Crippen LogP) is 5.28. The lowest BCUT2D eigenvalue weighted by molar-refractivity contribution is -0.148. The van der Waals surface area contributed by atoms with Crippen molar-refractivity contribution >= 4 is 17.5 Å². The number of fused-ring (bicyclic) bond motifs is 3. The van der Waals surface area contributed by atoms with Crippen LogP contribution in [0.2, 0.25) is 0 Å². The smallest absolute Gasteiger partial charge is 0.313 e. The fourth-order valence-corrected chi connectivity index (χ4v) is 7.36. The van der Waals surface area contributed by atoms with Crippen molar-refractivity contribution in [3.05, 3.63) is 34.4 Å². The summed E-state index contributed by atoms with van der Waals surface area (Å²) >= 11 is 0. The van der Waals surface area contributed by atoms with Crippen LogP contribution in [0.4, 0.5) is 0 Å². The Morgan fingerprint density at radius 3 is 2.65 bits per heavy atom. The Balaban J connectivity index is 1.66. The average molecular weight is 423 g/mol. The minimum Gasteiger partial charge on any atom is -0.465 e. The molecule has 0 aromatic rings. The zero-order valence-electron chi connectivity index (χ0n) is 19.3. The van der Waals surface area contributed by atoms with Gasteiger partial charge in [0.25, 0.3) is 0 Å². The Morgan fingerprint density at radius 2 is 1.90 bits per heavy atom. The highest BCUT2D eigenvalue weighted by Crippen LogP contribution is 2.70. The van der Waals surface area contributed by atoms with Gasteiger partial charge in [0.1, 0.15) is 5.78 Å². The third-order valence-electron chi connectivity index (χ3n) is 9.19. The Kier molecular flexibility index (Phi) is 4.56. The van der Waals surface area contributed by atoms with E-state index >= 15 is 0 Å². The standard InChI is InChI=1S/C27H34O4/c1-16(2)15-31-24(30)19-14-17-13-18(28)5-11-26(17,4)20-7-12-27-21(23(19)20)6-9-25(27,3)10-8-22(27)29/h6,13,16,19H,5,7-12,14-15H2,1-4H3/t19-,25+,26?,27-/m1/s1. The molecule has 4 heteroatoms. The molecule has 166 valence electrons. The molecule has 0 N–H and O–H groups in total. The van der Waals surface area contributed by atoms with E-state index in [0.29, 0.717) is 31.7 Å². The molecule has 5 rings (SSSR count). The Morgan fingerprint density at radius 1 is 1.13 bits per heavy atom. The normalized spacial score (nSPS) is 38.9. The van der Waals surface area contributed by atoms with Crippen LogP contribution in [0.25, 0.3) is 0 Å². The molecule has 1 saturated carbocycles. The van der Waals surface area contributed by atoms with E-state index < -0.39 is 11.3 Å². The van der Waals surface area contributed by atoms with Gasteiger partial charge in [0.2, 0.25) is 0 Å².